The molecule has 94 valence electrons. The number of carbonyl (C=O) groups is 2. The molecule has 3 N–H and O–H groups in total. The number of nitrogens with one attached hydrogen (secondary N) is 1. The van der Waals surface area contributed by atoms with Gasteiger partial charge in [0.1, 0.15) is 0 Å². The fourth-order valence-electron chi connectivity index (χ4n) is 1.15. The Balaban J connectivity index is 2.49. The van der Waals surface area contributed by atoms with Gasteiger partial charge in [0.05, 0.1) is 13.2 Å². The van der Waals surface area contributed by atoms with E-state index in [1.54, 1.807) is 7.05 Å². The van der Waals surface area contributed by atoms with Crippen LogP contribution in [-0.2, 0) is 11.3 Å². The minimum Gasteiger partial charge on any atom is -0.480 e. The smallest absolute Gasteiger partial charge is 0.328 e. The van der Waals surface area contributed by atoms with Crippen LogP contribution in [-0.4, -0.2) is 46.8 Å². The van der Waals surface area contributed by atoms with Crippen LogP contribution in [0.1, 0.15) is 4.88 Å². The summed E-state index contributed by atoms with van der Waals surface area (Å²) in [5, 5.41) is 21.6. The fourth-order valence-corrected chi connectivity index (χ4v) is 1.91. The summed E-state index contributed by atoms with van der Waals surface area (Å²) >= 11 is 1.51. The van der Waals surface area contributed by atoms with Crippen LogP contribution in [0, 0.1) is 0 Å². The summed E-state index contributed by atoms with van der Waals surface area (Å²) in [5.74, 6) is -1.26. The maximum Gasteiger partial charge on any atom is 0.328 e. The van der Waals surface area contributed by atoms with Crippen LogP contribution in [0.5, 0.6) is 0 Å². The van der Waals surface area contributed by atoms with Gasteiger partial charge < -0.3 is 20.4 Å². The predicted octanol–water partition coefficient (Wildman–Crippen LogP) is 0.335. The van der Waals surface area contributed by atoms with Gasteiger partial charge in [-0.05, 0) is 11.4 Å². The van der Waals surface area contributed by atoms with Gasteiger partial charge in [-0.15, -0.1) is 11.3 Å². The molecule has 1 heterocycles. The second kappa shape index (κ2) is 6.21. The fraction of sp³-hybridized carbons (Fsp3) is 0.400. The molecule has 1 aromatic rings. The van der Waals surface area contributed by atoms with Gasteiger partial charge in [0, 0.05) is 11.9 Å². The van der Waals surface area contributed by atoms with Crippen molar-refractivity contribution in [3.05, 3.63) is 22.4 Å². The van der Waals surface area contributed by atoms with Crippen molar-refractivity contribution in [3.63, 3.8) is 0 Å². The van der Waals surface area contributed by atoms with E-state index in [0.717, 1.165) is 4.88 Å². The van der Waals surface area contributed by atoms with E-state index in [0.29, 0.717) is 6.54 Å². The van der Waals surface area contributed by atoms with Crippen molar-refractivity contribution in [3.8, 4) is 0 Å². The first-order valence-electron chi connectivity index (χ1n) is 4.92. The number of rotatable bonds is 5. The zero-order chi connectivity index (χ0) is 12.8. The summed E-state index contributed by atoms with van der Waals surface area (Å²) in [4.78, 5) is 24.6. The molecule has 1 atom stereocenters. The lowest BCUT2D eigenvalue weighted by Crippen LogP contribution is -2.48. The Morgan fingerprint density at radius 2 is 2.29 bits per heavy atom. The van der Waals surface area contributed by atoms with Gasteiger partial charge in [-0.3, -0.25) is 0 Å². The van der Waals surface area contributed by atoms with Crippen molar-refractivity contribution in [2.75, 3.05) is 13.7 Å². The van der Waals surface area contributed by atoms with Crippen molar-refractivity contribution < 1.29 is 19.8 Å². The molecule has 0 aliphatic carbocycles. The number of nitrogens with zero attached hydrogens (tertiary/aromatic N) is 1. The van der Waals surface area contributed by atoms with E-state index in [9.17, 15) is 9.59 Å². The Morgan fingerprint density at radius 1 is 1.59 bits per heavy atom. The molecule has 0 saturated heterocycles. The largest absolute Gasteiger partial charge is 0.480 e. The normalized spacial score (nSPS) is 11.9. The van der Waals surface area contributed by atoms with Gasteiger partial charge in [-0.1, -0.05) is 6.07 Å². The Morgan fingerprint density at radius 3 is 2.76 bits per heavy atom. The summed E-state index contributed by atoms with van der Waals surface area (Å²) < 4.78 is 0. The number of carbonyl (C=O) groups excluding carboxylic acids is 1. The third kappa shape index (κ3) is 4.04. The van der Waals surface area contributed by atoms with Gasteiger partial charge in [0.25, 0.3) is 0 Å². The average molecular weight is 258 g/mol. The van der Waals surface area contributed by atoms with E-state index >= 15 is 0 Å². The standard InChI is InChI=1S/C10H14N2O4S/c1-12(5-7-3-2-4-17-7)10(16)11-8(6-13)9(14)15/h2-4,8,13H,5-6H2,1H3,(H,11,16)(H,14,15)/t8-/m0/s1. The lowest BCUT2D eigenvalue weighted by molar-refractivity contribution is -0.140. The van der Waals surface area contributed by atoms with Crippen LogP contribution >= 0.6 is 11.3 Å². The van der Waals surface area contributed by atoms with Gasteiger partial charge in [0.2, 0.25) is 0 Å². The molecular weight excluding hydrogens is 244 g/mol. The van der Waals surface area contributed by atoms with E-state index in [4.69, 9.17) is 10.2 Å². The number of aliphatic hydroxyl groups is 1. The highest BCUT2D eigenvalue weighted by Gasteiger charge is 2.20. The van der Waals surface area contributed by atoms with Gasteiger partial charge >= 0.3 is 12.0 Å². The van der Waals surface area contributed by atoms with E-state index in [1.165, 1.54) is 16.2 Å². The summed E-state index contributed by atoms with van der Waals surface area (Å²) in [6.45, 7) is -0.227. The zero-order valence-corrected chi connectivity index (χ0v) is 10.1. The first kappa shape index (κ1) is 13.5. The lowest BCUT2D eigenvalue weighted by atomic mass is 10.3. The maximum atomic E-state index is 11.6. The minimum atomic E-state index is -1.27. The molecule has 0 fully saturated rings. The quantitative estimate of drug-likeness (QED) is 0.710. The van der Waals surface area contributed by atoms with E-state index in [1.807, 2.05) is 17.5 Å². The number of hydrogen-bond acceptors (Lipinski definition) is 4. The third-order valence-corrected chi connectivity index (χ3v) is 2.96. The maximum absolute atomic E-state index is 11.6. The number of hydrogen-bond donors (Lipinski definition) is 3. The molecule has 0 aliphatic rings. The molecule has 1 rings (SSSR count). The molecule has 6 nitrogen and oxygen atoms in total. The van der Waals surface area contributed by atoms with E-state index in [-0.39, 0.29) is 0 Å². The van der Waals surface area contributed by atoms with Crippen LogP contribution in [0.3, 0.4) is 0 Å². The second-order valence-corrected chi connectivity index (χ2v) is 4.49. The highest BCUT2D eigenvalue weighted by Crippen LogP contribution is 2.10. The molecule has 0 unspecified atom stereocenters. The first-order chi connectivity index (χ1) is 8.04. The number of aliphatic hydroxyl groups excluding tert-OH is 1. The number of carboxylic acid groups (broad SMARTS) is 1. The number of carboxylic acids is 1. The van der Waals surface area contributed by atoms with Crippen molar-refractivity contribution in [1.29, 1.82) is 0 Å². The molecule has 0 radical (unpaired) electrons. The molecule has 0 aliphatic heterocycles. The number of thiophene rings is 1. The first-order valence-corrected chi connectivity index (χ1v) is 5.80. The van der Waals surface area contributed by atoms with Gasteiger partial charge in [0.15, 0.2) is 6.04 Å². The second-order valence-electron chi connectivity index (χ2n) is 3.46. The van der Waals surface area contributed by atoms with E-state index < -0.39 is 24.6 Å². The molecule has 1 aromatic heterocycles. The van der Waals surface area contributed by atoms with Gasteiger partial charge in [-0.25, -0.2) is 9.59 Å². The lowest BCUT2D eigenvalue weighted by Gasteiger charge is -2.19. The Kier molecular flexibility index (Phi) is 4.92. The van der Waals surface area contributed by atoms with Crippen LogP contribution in [0.4, 0.5) is 4.79 Å². The van der Waals surface area contributed by atoms with Crippen molar-refractivity contribution in [1.82, 2.24) is 10.2 Å². The molecule has 0 saturated carbocycles. The van der Waals surface area contributed by atoms with Crippen LogP contribution < -0.4 is 5.32 Å². The number of aliphatic carboxylic acids is 1. The molecule has 0 bridgehead atoms. The minimum absolute atomic E-state index is 0.404. The Bertz CT molecular complexity index is 380. The van der Waals surface area contributed by atoms with Crippen molar-refractivity contribution in [2.24, 2.45) is 0 Å². The molecule has 7 heteroatoms. The zero-order valence-electron chi connectivity index (χ0n) is 9.29. The predicted molar refractivity (Wildman–Crippen MR) is 62.8 cm³/mol. The highest BCUT2D eigenvalue weighted by molar-refractivity contribution is 7.09. The van der Waals surface area contributed by atoms with Crippen molar-refractivity contribution in [2.45, 2.75) is 12.6 Å². The summed E-state index contributed by atoms with van der Waals surface area (Å²) in [7, 11) is 1.56. The molecular formula is C10H14N2O4S. The van der Waals surface area contributed by atoms with Crippen LogP contribution in [0.2, 0.25) is 0 Å². The van der Waals surface area contributed by atoms with Crippen LogP contribution in [0.15, 0.2) is 17.5 Å². The summed E-state index contributed by atoms with van der Waals surface area (Å²) in [5.41, 5.74) is 0. The Hall–Kier alpha value is -1.60. The topological polar surface area (TPSA) is 89.9 Å². The van der Waals surface area contributed by atoms with Crippen LogP contribution in [0.25, 0.3) is 0 Å². The SMILES string of the molecule is CN(Cc1cccs1)C(=O)N[C@@H](CO)C(=O)O. The van der Waals surface area contributed by atoms with E-state index in [2.05, 4.69) is 5.32 Å². The number of amides is 2. The number of urea groups is 1. The summed E-state index contributed by atoms with van der Waals surface area (Å²) in [6, 6.07) is 1.96. The molecule has 17 heavy (non-hydrogen) atoms. The Labute approximate surface area is 102 Å². The molecule has 0 spiro atoms. The third-order valence-electron chi connectivity index (χ3n) is 2.10. The average Bonchev–Trinajstić information content (AvgIpc) is 2.77. The van der Waals surface area contributed by atoms with Crippen molar-refractivity contribution >= 4 is 23.3 Å². The van der Waals surface area contributed by atoms with Gasteiger partial charge in [-0.2, -0.15) is 0 Å². The highest BCUT2D eigenvalue weighted by atomic mass is 32.1. The molecule has 0 aromatic carbocycles. The monoisotopic (exact) mass is 258 g/mol. The molecule has 2 amide bonds. The summed E-state index contributed by atoms with van der Waals surface area (Å²) in [6.07, 6.45) is 0.